The van der Waals surface area contributed by atoms with Gasteiger partial charge in [0.25, 0.3) is 0 Å². The van der Waals surface area contributed by atoms with Gasteiger partial charge in [-0.15, -0.1) is 0 Å². The summed E-state index contributed by atoms with van der Waals surface area (Å²) >= 11 is 0.691. The molecule has 0 unspecified atom stereocenters. The van der Waals surface area contributed by atoms with Crippen molar-refractivity contribution in [2.24, 2.45) is 0 Å². The maximum absolute atomic E-state index is 5.06. The molecule has 6 aromatic heterocycles. The zero-order valence-electron chi connectivity index (χ0n) is 79.8. The fourth-order valence-corrected chi connectivity index (χ4v) is 30.5. The molecular weight excluding hydrogens is 1970 g/mol. The molecular formula is C141H87N3Se3. The minimum atomic E-state index is 0.204. The van der Waals surface area contributed by atoms with E-state index < -0.39 is 0 Å². The molecule has 684 valence electrons. The van der Waals surface area contributed by atoms with Crippen molar-refractivity contribution >= 4 is 198 Å². The topological polar surface area (TPSA) is 38.7 Å². The van der Waals surface area contributed by atoms with Crippen LogP contribution in [0.3, 0.4) is 0 Å². The molecule has 24 aromatic carbocycles. The number of nitrogens with zero attached hydrogens (tertiary/aromatic N) is 3. The molecule has 0 aliphatic rings. The summed E-state index contributed by atoms with van der Waals surface area (Å²) in [5.41, 5.74) is 29.1. The standard InChI is InChI=1S/C55H33NSe.C49H31NSe.C37H23NSe/c1-3-11-36-30-42(22-17-34(36)9-1)52-46-14-5-6-15-47(46)53(43-23-18-35-10-2-4-12-37(35)31-43)50-33-41(25-26-48(50)52)39-19-20-40-32-44(24-21-38(40)29-39)54-55-49(27-28-56-54)45-13-7-8-16-51(45)57-55;1-3-11-32(12-4-1)34-19-23-36(24-20-34)46-40-16-7-8-17-41(40)47(37-25-21-35(22-26-37)33-13-5-2-6-14-33)44-31-38(27-28-42(44)46)48-49-43(29-30-50-48)39-15-9-10-18-45(39)51-49;1-3-11-24(12-4-1)34-28-16-7-8-17-29(28)35(25-13-5-2-6-14-25)32-23-26(19-20-30(32)34)36-37-31(21-22-38-36)27-15-9-10-18-33(27)39-37/h1-33H;1-31H;1-23H. The molecule has 0 fully saturated rings. The van der Waals surface area contributed by atoms with Crippen LogP contribution in [0.15, 0.2) is 528 Å². The predicted octanol–water partition coefficient (Wildman–Crippen LogP) is 37.7. The van der Waals surface area contributed by atoms with Gasteiger partial charge in [-0.25, -0.2) is 0 Å². The number of hydrogen-bond acceptors (Lipinski definition) is 3. The Morgan fingerprint density at radius 2 is 0.320 bits per heavy atom. The van der Waals surface area contributed by atoms with Gasteiger partial charge in [0.1, 0.15) is 0 Å². The molecule has 0 N–H and O–H groups in total. The SMILES string of the molecule is c1ccc(-c2c3ccccc3c(-c3ccccc3)c3cc(-c4nccc5c4[se]c4ccccc45)ccc23)cc1.c1ccc(-c2ccc(-c3c4ccccc4c(-c4ccc(-c5ccccc5)cc4)c4cc(-c5nccc6c5[se]c5ccccc56)ccc34)cc2)cc1.c1ccc2cc(-c3c4ccccc4c(-c4ccc5ccccc5c4)c4cc(-c5ccc6cc(-c7nccc8c7[se]c7ccccc78)ccc6c5)ccc34)ccc2c1. The summed E-state index contributed by atoms with van der Waals surface area (Å²) in [6, 6.07) is 187. The van der Waals surface area contributed by atoms with Gasteiger partial charge in [-0.05, 0) is 61.1 Å². The molecule has 3 nitrogen and oxygen atoms in total. The molecule has 0 bridgehead atoms. The van der Waals surface area contributed by atoms with E-state index in [4.69, 9.17) is 15.0 Å². The van der Waals surface area contributed by atoms with Gasteiger partial charge in [0.2, 0.25) is 0 Å². The Hall–Kier alpha value is -17.4. The summed E-state index contributed by atoms with van der Waals surface area (Å²) < 4.78 is 8.46. The van der Waals surface area contributed by atoms with Crippen LogP contribution in [-0.4, -0.2) is 58.5 Å². The van der Waals surface area contributed by atoms with Crippen molar-refractivity contribution in [1.82, 2.24) is 15.0 Å². The smallest absolute Gasteiger partial charge is 0.0544 e. The molecule has 6 heterocycles. The Morgan fingerprint density at radius 3 is 0.694 bits per heavy atom. The van der Waals surface area contributed by atoms with Gasteiger partial charge in [-0.3, -0.25) is 0 Å². The van der Waals surface area contributed by atoms with E-state index in [-0.39, 0.29) is 43.5 Å². The zero-order valence-corrected chi connectivity index (χ0v) is 84.9. The molecule has 0 saturated carbocycles. The summed E-state index contributed by atoms with van der Waals surface area (Å²) in [7, 11) is 0. The van der Waals surface area contributed by atoms with Crippen LogP contribution in [0.2, 0.25) is 0 Å². The molecule has 0 atom stereocenters. The molecule has 30 rings (SSSR count). The first-order chi connectivity index (χ1) is 72.9. The van der Waals surface area contributed by atoms with Crippen LogP contribution in [0.1, 0.15) is 0 Å². The number of pyridine rings is 3. The van der Waals surface area contributed by atoms with E-state index >= 15 is 0 Å². The third kappa shape index (κ3) is 15.6. The van der Waals surface area contributed by atoms with E-state index in [9.17, 15) is 0 Å². The molecule has 6 heteroatoms. The van der Waals surface area contributed by atoms with Crippen molar-refractivity contribution in [3.05, 3.63) is 528 Å². The van der Waals surface area contributed by atoms with Gasteiger partial charge in [0.15, 0.2) is 0 Å². The van der Waals surface area contributed by atoms with Crippen molar-refractivity contribution in [1.29, 1.82) is 0 Å². The first-order valence-corrected chi connectivity index (χ1v) is 55.2. The van der Waals surface area contributed by atoms with Gasteiger partial charge in [0, 0.05) is 0 Å². The quantitative estimate of drug-likeness (QED) is 0.0904. The fraction of sp³-hybridized carbons (Fsp3) is 0. The van der Waals surface area contributed by atoms with Gasteiger partial charge in [-0.2, -0.15) is 0 Å². The van der Waals surface area contributed by atoms with Crippen LogP contribution < -0.4 is 0 Å². The van der Waals surface area contributed by atoms with Crippen LogP contribution in [0.25, 0.3) is 289 Å². The average Bonchev–Trinajstić information content (AvgIpc) is 1.68. The first-order valence-electron chi connectivity index (χ1n) is 50.1. The van der Waals surface area contributed by atoms with Crippen LogP contribution in [0.4, 0.5) is 0 Å². The normalized spacial score (nSPS) is 11.7. The molecule has 0 aliphatic carbocycles. The number of fused-ring (bicyclic) bond motifs is 18. The second-order valence-corrected chi connectivity index (χ2v) is 44.7. The number of rotatable bonds is 12. The third-order valence-corrected chi connectivity index (χ3v) is 37.2. The Balaban J connectivity index is 0.000000108. The molecule has 0 saturated heterocycles. The summed E-state index contributed by atoms with van der Waals surface area (Å²) in [6.45, 7) is 0. The van der Waals surface area contributed by atoms with Crippen LogP contribution in [0.5, 0.6) is 0 Å². The van der Waals surface area contributed by atoms with Crippen molar-refractivity contribution in [3.8, 4) is 134 Å². The Labute approximate surface area is 867 Å². The van der Waals surface area contributed by atoms with Crippen molar-refractivity contribution in [2.75, 3.05) is 0 Å². The van der Waals surface area contributed by atoms with Crippen LogP contribution >= 0.6 is 0 Å². The summed E-state index contributed by atoms with van der Waals surface area (Å²) in [5, 5.41) is 30.6. The minimum absolute atomic E-state index is 0.204. The third-order valence-electron chi connectivity index (χ3n) is 29.7. The average molecular weight is 2060 g/mol. The first kappa shape index (κ1) is 87.4. The Kier molecular flexibility index (Phi) is 22.1. The van der Waals surface area contributed by atoms with Gasteiger partial charge >= 0.3 is 669 Å². The minimum Gasteiger partial charge on any atom is -0.0544 e. The van der Waals surface area contributed by atoms with E-state index in [1.807, 2.05) is 18.6 Å². The van der Waals surface area contributed by atoms with Crippen molar-refractivity contribution in [3.63, 3.8) is 0 Å². The van der Waals surface area contributed by atoms with Gasteiger partial charge in [-0.1, -0.05) is 146 Å². The molecule has 0 aliphatic heterocycles. The number of hydrogen-bond donors (Lipinski definition) is 0. The van der Waals surface area contributed by atoms with Crippen LogP contribution in [-0.2, 0) is 0 Å². The van der Waals surface area contributed by atoms with Crippen molar-refractivity contribution < 1.29 is 0 Å². The molecule has 0 spiro atoms. The second-order valence-electron chi connectivity index (χ2n) is 38.1. The molecule has 0 amide bonds. The fourth-order valence-electron chi connectivity index (χ4n) is 22.8. The molecule has 0 radical (unpaired) electrons. The zero-order chi connectivity index (χ0) is 96.9. The summed E-state index contributed by atoms with van der Waals surface area (Å²) in [4.78, 5) is 15.0. The van der Waals surface area contributed by atoms with E-state index in [1.54, 1.807) is 0 Å². The van der Waals surface area contributed by atoms with E-state index in [0.29, 0.717) is 0 Å². The van der Waals surface area contributed by atoms with Crippen LogP contribution in [0, 0.1) is 0 Å². The molecule has 147 heavy (non-hydrogen) atoms. The number of aromatic nitrogens is 3. The second kappa shape index (κ2) is 37.1. The number of benzene rings is 24. The van der Waals surface area contributed by atoms with E-state index in [1.165, 1.54) is 266 Å². The van der Waals surface area contributed by atoms with E-state index in [2.05, 4.69) is 510 Å². The summed E-state index contributed by atoms with van der Waals surface area (Å²) in [6.07, 6.45) is 5.93. The Morgan fingerprint density at radius 1 is 0.116 bits per heavy atom. The molecule has 30 aromatic rings. The monoisotopic (exact) mass is 2060 g/mol. The Bertz CT molecular complexity index is 10500. The van der Waals surface area contributed by atoms with Gasteiger partial charge in [0.05, 0.1) is 0 Å². The summed E-state index contributed by atoms with van der Waals surface area (Å²) in [5.74, 6) is 0. The van der Waals surface area contributed by atoms with Gasteiger partial charge < -0.3 is 0 Å². The van der Waals surface area contributed by atoms with Crippen molar-refractivity contribution in [2.45, 2.75) is 0 Å². The predicted molar refractivity (Wildman–Crippen MR) is 631 cm³/mol. The van der Waals surface area contributed by atoms with E-state index in [0.717, 1.165) is 22.6 Å². The maximum atomic E-state index is 5.06.